The molecule has 0 unspecified atom stereocenters. The van der Waals surface area contributed by atoms with Gasteiger partial charge in [0.2, 0.25) is 0 Å². The van der Waals surface area contributed by atoms with Crippen LogP contribution in [0.1, 0.15) is 23.1 Å². The molecule has 0 atom stereocenters. The Morgan fingerprint density at radius 2 is 2.07 bits per heavy atom. The molecule has 1 N–H and O–H groups in total. The second-order valence-corrected chi connectivity index (χ2v) is 4.09. The van der Waals surface area contributed by atoms with Crippen molar-refractivity contribution in [1.82, 2.24) is 5.32 Å². The van der Waals surface area contributed by atoms with Crippen LogP contribution in [0.5, 0.6) is 5.75 Å². The average Bonchev–Trinajstić information content (AvgIpc) is 2.74. The average molecular weight is 205 g/mol. The Hall–Kier alpha value is -1.02. The molecule has 0 saturated heterocycles. The van der Waals surface area contributed by atoms with Gasteiger partial charge in [0, 0.05) is 0 Å². The van der Waals surface area contributed by atoms with E-state index < -0.39 is 0 Å². The summed E-state index contributed by atoms with van der Waals surface area (Å²) in [5.41, 5.74) is 4.49. The topological polar surface area (TPSA) is 21.3 Å². The third-order valence-electron chi connectivity index (χ3n) is 3.20. The molecule has 2 heteroatoms. The Balaban J connectivity index is 2.29. The summed E-state index contributed by atoms with van der Waals surface area (Å²) in [6.07, 6.45) is 4.82. The predicted octanol–water partition coefficient (Wildman–Crippen LogP) is 1.95. The van der Waals surface area contributed by atoms with Crippen LogP contribution in [-0.2, 0) is 19.3 Å². The van der Waals surface area contributed by atoms with Crippen molar-refractivity contribution in [3.8, 4) is 5.75 Å². The van der Waals surface area contributed by atoms with E-state index in [1.165, 1.54) is 30.4 Å². The third kappa shape index (κ3) is 2.00. The normalized spacial score (nSPS) is 14.0. The Kier molecular flexibility index (Phi) is 3.27. The van der Waals surface area contributed by atoms with Gasteiger partial charge in [-0.3, -0.25) is 0 Å². The lowest BCUT2D eigenvalue weighted by molar-refractivity contribution is 0.410. The fourth-order valence-electron chi connectivity index (χ4n) is 2.43. The second kappa shape index (κ2) is 4.67. The third-order valence-corrected chi connectivity index (χ3v) is 3.20. The van der Waals surface area contributed by atoms with Gasteiger partial charge in [-0.1, -0.05) is 6.07 Å². The van der Waals surface area contributed by atoms with E-state index in [2.05, 4.69) is 17.4 Å². The van der Waals surface area contributed by atoms with E-state index in [4.69, 9.17) is 4.74 Å². The number of hydrogen-bond acceptors (Lipinski definition) is 2. The Bertz CT molecular complexity index is 347. The quantitative estimate of drug-likeness (QED) is 0.811. The number of hydrogen-bond donors (Lipinski definition) is 1. The molecule has 0 aliphatic heterocycles. The molecule has 2 nitrogen and oxygen atoms in total. The zero-order chi connectivity index (χ0) is 10.7. The molecule has 0 fully saturated rings. The molecule has 2 rings (SSSR count). The molecule has 0 spiro atoms. The maximum atomic E-state index is 5.40. The van der Waals surface area contributed by atoms with Crippen molar-refractivity contribution in [3.63, 3.8) is 0 Å². The van der Waals surface area contributed by atoms with Gasteiger partial charge >= 0.3 is 0 Å². The standard InChI is InChI=1S/C13H19NO/c1-14-9-8-10-6-7-13(15-2)12-5-3-4-11(10)12/h6-7,14H,3-5,8-9H2,1-2H3. The lowest BCUT2D eigenvalue weighted by atomic mass is 10.00. The van der Waals surface area contributed by atoms with Crippen LogP contribution in [0.15, 0.2) is 12.1 Å². The van der Waals surface area contributed by atoms with Crippen LogP contribution in [0.4, 0.5) is 0 Å². The molecular weight excluding hydrogens is 186 g/mol. The van der Waals surface area contributed by atoms with Crippen molar-refractivity contribution in [1.29, 1.82) is 0 Å². The van der Waals surface area contributed by atoms with E-state index in [9.17, 15) is 0 Å². The molecule has 15 heavy (non-hydrogen) atoms. The molecule has 0 saturated carbocycles. The predicted molar refractivity (Wildman–Crippen MR) is 62.6 cm³/mol. The summed E-state index contributed by atoms with van der Waals surface area (Å²) < 4.78 is 5.40. The number of rotatable bonds is 4. The number of likely N-dealkylation sites (N-methyl/N-ethyl adjacent to an activating group) is 1. The van der Waals surface area contributed by atoms with E-state index in [0.717, 1.165) is 18.7 Å². The summed E-state index contributed by atoms with van der Waals surface area (Å²) in [4.78, 5) is 0. The summed E-state index contributed by atoms with van der Waals surface area (Å²) in [6.45, 7) is 1.05. The number of methoxy groups -OCH3 is 1. The van der Waals surface area contributed by atoms with Crippen LogP contribution in [-0.4, -0.2) is 20.7 Å². The molecule has 1 aromatic carbocycles. The van der Waals surface area contributed by atoms with E-state index in [1.807, 2.05) is 7.05 Å². The Morgan fingerprint density at radius 3 is 2.80 bits per heavy atom. The largest absolute Gasteiger partial charge is 0.496 e. The maximum Gasteiger partial charge on any atom is 0.122 e. The first kappa shape index (κ1) is 10.5. The highest BCUT2D eigenvalue weighted by atomic mass is 16.5. The maximum absolute atomic E-state index is 5.40. The van der Waals surface area contributed by atoms with Crippen LogP contribution < -0.4 is 10.1 Å². The summed E-state index contributed by atoms with van der Waals surface area (Å²) >= 11 is 0. The van der Waals surface area contributed by atoms with Crippen LogP contribution in [0.25, 0.3) is 0 Å². The first-order valence-corrected chi connectivity index (χ1v) is 5.69. The minimum Gasteiger partial charge on any atom is -0.496 e. The fourth-order valence-corrected chi connectivity index (χ4v) is 2.43. The van der Waals surface area contributed by atoms with Crippen LogP contribution in [0.2, 0.25) is 0 Å². The van der Waals surface area contributed by atoms with Gasteiger partial charge in [0.1, 0.15) is 5.75 Å². The van der Waals surface area contributed by atoms with Gasteiger partial charge in [0.05, 0.1) is 7.11 Å². The van der Waals surface area contributed by atoms with Crippen molar-refractivity contribution >= 4 is 0 Å². The lowest BCUT2D eigenvalue weighted by Gasteiger charge is -2.12. The minimum atomic E-state index is 1.05. The summed E-state index contributed by atoms with van der Waals surface area (Å²) in [7, 11) is 3.77. The van der Waals surface area contributed by atoms with Crippen LogP contribution >= 0.6 is 0 Å². The monoisotopic (exact) mass is 205 g/mol. The number of nitrogens with one attached hydrogen (secondary N) is 1. The van der Waals surface area contributed by atoms with E-state index in [1.54, 1.807) is 12.7 Å². The first-order valence-electron chi connectivity index (χ1n) is 5.69. The highest BCUT2D eigenvalue weighted by Gasteiger charge is 2.18. The zero-order valence-electron chi connectivity index (χ0n) is 9.60. The van der Waals surface area contributed by atoms with Crippen molar-refractivity contribution < 1.29 is 4.74 Å². The van der Waals surface area contributed by atoms with Gasteiger partial charge in [-0.15, -0.1) is 0 Å². The number of fused-ring (bicyclic) bond motifs is 1. The lowest BCUT2D eigenvalue weighted by Crippen LogP contribution is -2.11. The second-order valence-electron chi connectivity index (χ2n) is 4.09. The van der Waals surface area contributed by atoms with Crippen molar-refractivity contribution in [2.45, 2.75) is 25.7 Å². The van der Waals surface area contributed by atoms with Gasteiger partial charge in [0.25, 0.3) is 0 Å². The fraction of sp³-hybridized carbons (Fsp3) is 0.538. The SMILES string of the molecule is CNCCc1ccc(OC)c2c1CCC2. The molecule has 82 valence electrons. The highest BCUT2D eigenvalue weighted by Crippen LogP contribution is 2.33. The van der Waals surface area contributed by atoms with Gasteiger partial charge in [-0.05, 0) is 62.0 Å². The zero-order valence-corrected chi connectivity index (χ0v) is 9.60. The van der Waals surface area contributed by atoms with E-state index in [0.29, 0.717) is 0 Å². The van der Waals surface area contributed by atoms with Gasteiger partial charge in [-0.25, -0.2) is 0 Å². The van der Waals surface area contributed by atoms with Gasteiger partial charge < -0.3 is 10.1 Å². The van der Waals surface area contributed by atoms with E-state index in [-0.39, 0.29) is 0 Å². The molecule has 0 radical (unpaired) electrons. The summed E-state index contributed by atoms with van der Waals surface area (Å²) in [5, 5.41) is 3.20. The number of benzene rings is 1. The minimum absolute atomic E-state index is 1.05. The molecule has 1 aliphatic rings. The highest BCUT2D eigenvalue weighted by molar-refractivity contribution is 5.47. The van der Waals surface area contributed by atoms with Crippen molar-refractivity contribution in [2.24, 2.45) is 0 Å². The van der Waals surface area contributed by atoms with Crippen LogP contribution in [0.3, 0.4) is 0 Å². The molecule has 0 aromatic heterocycles. The smallest absolute Gasteiger partial charge is 0.122 e. The molecule has 1 aromatic rings. The van der Waals surface area contributed by atoms with Gasteiger partial charge in [0.15, 0.2) is 0 Å². The Morgan fingerprint density at radius 1 is 1.27 bits per heavy atom. The Labute approximate surface area is 91.6 Å². The van der Waals surface area contributed by atoms with Crippen molar-refractivity contribution in [2.75, 3.05) is 20.7 Å². The molecule has 0 heterocycles. The van der Waals surface area contributed by atoms with Gasteiger partial charge in [-0.2, -0.15) is 0 Å². The molecular formula is C13H19NO. The van der Waals surface area contributed by atoms with E-state index >= 15 is 0 Å². The molecule has 1 aliphatic carbocycles. The summed E-state index contributed by atoms with van der Waals surface area (Å²) in [5.74, 6) is 1.08. The first-order chi connectivity index (χ1) is 7.36. The van der Waals surface area contributed by atoms with Crippen molar-refractivity contribution in [3.05, 3.63) is 28.8 Å². The number of ether oxygens (including phenoxy) is 1. The summed E-state index contributed by atoms with van der Waals surface area (Å²) in [6, 6.07) is 4.34. The molecule has 0 amide bonds. The van der Waals surface area contributed by atoms with Crippen LogP contribution in [0, 0.1) is 0 Å². The molecule has 0 bridgehead atoms.